The summed E-state index contributed by atoms with van der Waals surface area (Å²) in [5, 5.41) is 12.7. The van der Waals surface area contributed by atoms with E-state index in [4.69, 9.17) is 0 Å². The van der Waals surface area contributed by atoms with E-state index in [0.717, 1.165) is 39.6 Å². The fourth-order valence-corrected chi connectivity index (χ4v) is 4.72. The van der Waals surface area contributed by atoms with Gasteiger partial charge >= 0.3 is 5.17 Å². The van der Waals surface area contributed by atoms with Gasteiger partial charge in [-0.25, -0.2) is 9.48 Å². The molecule has 0 saturated carbocycles. The molecule has 6 heteroatoms. The number of amidine groups is 1. The lowest BCUT2D eigenvalue weighted by atomic mass is 10.0. The SMILES string of the molecule is OC1(c2ccc(Br)cc2)CN(c2ccccc2)C2=[N+]1CCCS2.[Br-]. The van der Waals surface area contributed by atoms with Gasteiger partial charge in [0.25, 0.3) is 5.72 Å². The number of anilines is 1. The van der Waals surface area contributed by atoms with E-state index in [1.54, 1.807) is 0 Å². The molecule has 2 aliphatic heterocycles. The number of rotatable bonds is 2. The maximum Gasteiger partial charge on any atom is 0.316 e. The normalized spacial score (nSPS) is 23.0. The van der Waals surface area contributed by atoms with Gasteiger partial charge in [-0.1, -0.05) is 46.3 Å². The van der Waals surface area contributed by atoms with Crippen molar-refractivity contribution in [3.8, 4) is 0 Å². The van der Waals surface area contributed by atoms with Crippen molar-refractivity contribution in [3.63, 3.8) is 0 Å². The van der Waals surface area contributed by atoms with Crippen molar-refractivity contribution in [2.45, 2.75) is 12.1 Å². The highest BCUT2D eigenvalue weighted by molar-refractivity contribution is 9.10. The minimum absolute atomic E-state index is 0. The third kappa shape index (κ3) is 3.05. The predicted molar refractivity (Wildman–Crippen MR) is 99.0 cm³/mol. The Morgan fingerprint density at radius 3 is 2.50 bits per heavy atom. The maximum atomic E-state index is 11.5. The first-order valence-electron chi connectivity index (χ1n) is 7.77. The molecule has 3 nitrogen and oxygen atoms in total. The average Bonchev–Trinajstić information content (AvgIpc) is 2.91. The lowest BCUT2D eigenvalue weighted by molar-refractivity contribution is -0.656. The molecular weight excluding hydrogens is 452 g/mol. The van der Waals surface area contributed by atoms with Crippen molar-refractivity contribution in [1.29, 1.82) is 0 Å². The molecule has 0 bridgehead atoms. The number of β-amino-alcohol motifs (C(OH)–C–C–N with tert-alkyl or cyclic N) is 1. The fourth-order valence-electron chi connectivity index (χ4n) is 3.27. The molecule has 1 unspecified atom stereocenters. The van der Waals surface area contributed by atoms with Crippen LogP contribution >= 0.6 is 27.7 Å². The second-order valence-corrected chi connectivity index (χ2v) is 7.86. The van der Waals surface area contributed by atoms with Crippen molar-refractivity contribution in [1.82, 2.24) is 0 Å². The maximum absolute atomic E-state index is 11.5. The first kappa shape index (κ1) is 18.0. The Bertz CT molecular complexity index is 751. The summed E-state index contributed by atoms with van der Waals surface area (Å²) in [4.78, 5) is 2.24. The Kier molecular flexibility index (Phi) is 5.39. The van der Waals surface area contributed by atoms with E-state index < -0.39 is 5.72 Å². The Hall–Kier alpha value is -0.820. The molecule has 0 radical (unpaired) electrons. The number of hydrogen-bond donors (Lipinski definition) is 1. The molecule has 0 fully saturated rings. The van der Waals surface area contributed by atoms with Crippen LogP contribution < -0.4 is 21.9 Å². The molecule has 0 amide bonds. The van der Waals surface area contributed by atoms with E-state index in [1.807, 2.05) is 54.2 Å². The van der Waals surface area contributed by atoms with E-state index in [-0.39, 0.29) is 17.0 Å². The first-order chi connectivity index (χ1) is 11.2. The molecule has 0 aromatic heterocycles. The van der Waals surface area contributed by atoms with Gasteiger partial charge in [0, 0.05) is 15.8 Å². The molecule has 0 aliphatic carbocycles. The van der Waals surface area contributed by atoms with Gasteiger partial charge in [0.2, 0.25) is 0 Å². The summed E-state index contributed by atoms with van der Waals surface area (Å²) >= 11 is 5.31. The molecule has 4 rings (SSSR count). The molecule has 2 heterocycles. The van der Waals surface area contributed by atoms with Gasteiger partial charge in [-0.15, -0.1) is 0 Å². The number of nitrogens with zero attached hydrogens (tertiary/aromatic N) is 2. The molecule has 2 aliphatic rings. The van der Waals surface area contributed by atoms with Gasteiger partial charge in [-0.2, -0.15) is 0 Å². The largest absolute Gasteiger partial charge is 1.00 e. The van der Waals surface area contributed by atoms with Gasteiger partial charge in [0.05, 0.1) is 6.54 Å². The number of benzene rings is 2. The topological polar surface area (TPSA) is 26.5 Å². The second kappa shape index (κ2) is 7.20. The number of para-hydroxylation sites is 1. The van der Waals surface area contributed by atoms with Crippen LogP contribution in [0, 0.1) is 0 Å². The molecule has 0 saturated heterocycles. The molecule has 1 atom stereocenters. The van der Waals surface area contributed by atoms with Crippen LogP contribution in [-0.2, 0) is 5.72 Å². The lowest BCUT2D eigenvalue weighted by Crippen LogP contribution is -3.00. The third-order valence-corrected chi connectivity index (χ3v) is 6.14. The minimum Gasteiger partial charge on any atom is -1.00 e. The summed E-state index contributed by atoms with van der Waals surface area (Å²) in [6.45, 7) is 1.44. The van der Waals surface area contributed by atoms with Crippen molar-refractivity contribution in [2.75, 3.05) is 23.7 Å². The number of thioether (sulfide) groups is 1. The second-order valence-electron chi connectivity index (χ2n) is 5.88. The molecule has 2 aromatic rings. The van der Waals surface area contributed by atoms with Gasteiger partial charge in [-0.3, -0.25) is 0 Å². The summed E-state index contributed by atoms with van der Waals surface area (Å²) < 4.78 is 3.19. The van der Waals surface area contributed by atoms with Crippen molar-refractivity contribution >= 4 is 38.5 Å². The Balaban J connectivity index is 0.00000169. The highest BCUT2D eigenvalue weighted by Gasteiger charge is 2.53. The van der Waals surface area contributed by atoms with E-state index in [0.29, 0.717) is 6.54 Å². The van der Waals surface area contributed by atoms with Gasteiger partial charge in [0.15, 0.2) is 6.54 Å². The van der Waals surface area contributed by atoms with Crippen molar-refractivity contribution in [3.05, 3.63) is 64.6 Å². The summed E-state index contributed by atoms with van der Waals surface area (Å²) in [5.74, 6) is 1.10. The Morgan fingerprint density at radius 2 is 1.79 bits per heavy atom. The van der Waals surface area contributed by atoms with Crippen molar-refractivity contribution < 1.29 is 26.7 Å². The summed E-state index contributed by atoms with van der Waals surface area (Å²) in [6, 6.07) is 18.3. The standard InChI is InChI=1S/C18H18BrN2OS.BrH/c19-15-9-7-14(8-10-15)18(22)13-20(16-5-2-1-3-6-16)17-21(18)11-4-12-23-17;/h1-3,5-10,22H,4,11-13H2;1H/q+1;/p-1. The predicted octanol–water partition coefficient (Wildman–Crippen LogP) is 0.624. The number of halogens is 2. The van der Waals surface area contributed by atoms with E-state index in [2.05, 4.69) is 37.5 Å². The van der Waals surface area contributed by atoms with Crippen LogP contribution in [0.4, 0.5) is 5.69 Å². The molecular formula is C18H18Br2N2OS. The minimum atomic E-state index is -0.973. The monoisotopic (exact) mass is 468 g/mol. The van der Waals surface area contributed by atoms with Crippen LogP contribution in [0.25, 0.3) is 0 Å². The van der Waals surface area contributed by atoms with Crippen molar-refractivity contribution in [2.24, 2.45) is 0 Å². The molecule has 1 N–H and O–H groups in total. The van der Waals surface area contributed by atoms with Crippen LogP contribution in [0.1, 0.15) is 12.0 Å². The quantitative estimate of drug-likeness (QED) is 0.653. The molecule has 24 heavy (non-hydrogen) atoms. The summed E-state index contributed by atoms with van der Waals surface area (Å²) in [5.41, 5.74) is 1.10. The summed E-state index contributed by atoms with van der Waals surface area (Å²) in [6.07, 6.45) is 1.09. The number of aliphatic hydroxyl groups is 1. The highest BCUT2D eigenvalue weighted by atomic mass is 79.9. The average molecular weight is 470 g/mol. The van der Waals surface area contributed by atoms with Gasteiger partial charge in [-0.05, 0) is 42.4 Å². The van der Waals surface area contributed by atoms with Crippen LogP contribution in [-0.4, -0.2) is 33.7 Å². The Labute approximate surface area is 165 Å². The zero-order valence-corrected chi connectivity index (χ0v) is 17.0. The first-order valence-corrected chi connectivity index (χ1v) is 9.55. The molecule has 126 valence electrons. The summed E-state index contributed by atoms with van der Waals surface area (Å²) in [7, 11) is 0. The zero-order valence-electron chi connectivity index (χ0n) is 13.0. The molecule has 0 spiro atoms. The van der Waals surface area contributed by atoms with Gasteiger partial charge < -0.3 is 22.1 Å². The van der Waals surface area contributed by atoms with Crippen LogP contribution in [0.2, 0.25) is 0 Å². The molecule has 2 aromatic carbocycles. The third-order valence-electron chi connectivity index (χ3n) is 4.42. The Morgan fingerprint density at radius 1 is 1.08 bits per heavy atom. The number of hydrogen-bond acceptors (Lipinski definition) is 3. The van der Waals surface area contributed by atoms with Crippen LogP contribution in [0.15, 0.2) is 59.1 Å². The zero-order chi connectivity index (χ0) is 15.9. The highest BCUT2D eigenvalue weighted by Crippen LogP contribution is 2.37. The van der Waals surface area contributed by atoms with Crippen LogP contribution in [0.5, 0.6) is 0 Å². The van der Waals surface area contributed by atoms with E-state index in [9.17, 15) is 5.11 Å². The smallest absolute Gasteiger partial charge is 0.316 e. The van der Waals surface area contributed by atoms with E-state index in [1.165, 1.54) is 0 Å². The van der Waals surface area contributed by atoms with E-state index >= 15 is 0 Å². The van der Waals surface area contributed by atoms with Gasteiger partial charge in [0.1, 0.15) is 5.69 Å². The lowest BCUT2D eigenvalue weighted by Gasteiger charge is -2.24. The fraction of sp³-hybridized carbons (Fsp3) is 0.278. The van der Waals surface area contributed by atoms with Crippen LogP contribution in [0.3, 0.4) is 0 Å².